The van der Waals surface area contributed by atoms with Crippen LogP contribution in [0.5, 0.6) is 0 Å². The average molecular weight is 248 g/mol. The number of nitrogens with zero attached hydrogens (tertiary/aromatic N) is 1. The number of nitrogens with two attached hydrogens (primary N) is 1. The van der Waals surface area contributed by atoms with E-state index in [4.69, 9.17) is 5.73 Å². The van der Waals surface area contributed by atoms with Gasteiger partial charge in [-0.15, -0.1) is 0 Å². The van der Waals surface area contributed by atoms with Gasteiger partial charge in [-0.2, -0.15) is 0 Å². The Labute approximate surface area is 110 Å². The zero-order chi connectivity index (χ0) is 13.0. The minimum atomic E-state index is 0. The van der Waals surface area contributed by atoms with Crippen LogP contribution >= 0.6 is 0 Å². The number of amides is 1. The van der Waals surface area contributed by atoms with E-state index in [1.165, 1.54) is 5.56 Å². The third-order valence-corrected chi connectivity index (χ3v) is 3.74. The van der Waals surface area contributed by atoms with Crippen LogP contribution in [0.2, 0.25) is 0 Å². The zero-order valence-corrected chi connectivity index (χ0v) is 11.1. The smallest absolute Gasteiger partial charge is 0.222 e. The second-order valence-corrected chi connectivity index (χ2v) is 5.30. The summed E-state index contributed by atoms with van der Waals surface area (Å²) in [4.78, 5) is 14.1. The quantitative estimate of drug-likeness (QED) is 0.836. The number of hydrogen-bond donors (Lipinski definition) is 1. The van der Waals surface area contributed by atoms with Crippen LogP contribution in [0.15, 0.2) is 24.3 Å². The molecule has 1 heterocycles. The highest BCUT2D eigenvalue weighted by molar-refractivity contribution is 5.76. The highest BCUT2D eigenvalue weighted by atomic mass is 16.2. The fraction of sp³-hybridized carbons (Fsp3) is 0.533. The Morgan fingerprint density at radius 1 is 1.33 bits per heavy atom. The molecule has 0 aliphatic carbocycles. The molecule has 0 spiro atoms. The molecule has 0 bridgehead atoms. The number of likely N-dealkylation sites (tertiary alicyclic amines) is 1. The first kappa shape index (κ1) is 12.9. The lowest BCUT2D eigenvalue weighted by atomic mass is 9.98. The molecule has 1 aromatic carbocycles. The van der Waals surface area contributed by atoms with Gasteiger partial charge < -0.3 is 10.6 Å². The highest BCUT2D eigenvalue weighted by Crippen LogP contribution is 2.17. The number of aryl methyl sites for hydroxylation is 1. The first-order valence-corrected chi connectivity index (χ1v) is 6.77. The minimum Gasteiger partial charge on any atom is -0.399 e. The molecule has 1 aliphatic rings. The maximum Gasteiger partial charge on any atom is 0.222 e. The molecule has 1 fully saturated rings. The van der Waals surface area contributed by atoms with Gasteiger partial charge in [-0.25, -0.2) is 0 Å². The molecule has 1 aromatic rings. The van der Waals surface area contributed by atoms with Crippen LogP contribution in [0.25, 0.3) is 0 Å². The molecule has 3 heteroatoms. The molecule has 100 valence electrons. The topological polar surface area (TPSA) is 46.3 Å². The van der Waals surface area contributed by atoms with Crippen molar-refractivity contribution in [3.05, 3.63) is 29.8 Å². The molecule has 0 atom stereocenters. The average Bonchev–Trinajstić information content (AvgIpc) is 2.38. The standard InChI is InChI=1S/C15H22N2O.H2/c1-12-8-10-17(11-9-12)15(18)7-4-13-2-5-14(16)6-3-13;/h2-3,5-6,12H,4,7-11,16H2,1H3;1H. The number of carbonyl (C=O) groups is 1. The van der Waals surface area contributed by atoms with Gasteiger partial charge in [0.15, 0.2) is 0 Å². The minimum absolute atomic E-state index is 0. The Kier molecular flexibility index (Phi) is 4.24. The van der Waals surface area contributed by atoms with Crippen LogP contribution in [0, 0.1) is 5.92 Å². The van der Waals surface area contributed by atoms with E-state index in [1.807, 2.05) is 29.2 Å². The lowest BCUT2D eigenvalue weighted by Gasteiger charge is -2.30. The van der Waals surface area contributed by atoms with E-state index in [0.717, 1.165) is 44.0 Å². The molecule has 2 N–H and O–H groups in total. The van der Waals surface area contributed by atoms with Crippen LogP contribution < -0.4 is 5.73 Å². The summed E-state index contributed by atoms with van der Waals surface area (Å²) in [6.07, 6.45) is 3.71. The van der Waals surface area contributed by atoms with E-state index >= 15 is 0 Å². The van der Waals surface area contributed by atoms with Crippen LogP contribution in [-0.4, -0.2) is 23.9 Å². The van der Waals surface area contributed by atoms with E-state index < -0.39 is 0 Å². The van der Waals surface area contributed by atoms with Crippen molar-refractivity contribution in [2.75, 3.05) is 18.8 Å². The van der Waals surface area contributed by atoms with Gasteiger partial charge in [-0.3, -0.25) is 4.79 Å². The molecule has 0 radical (unpaired) electrons. The van der Waals surface area contributed by atoms with E-state index in [0.29, 0.717) is 12.3 Å². The van der Waals surface area contributed by atoms with Gasteiger partial charge in [-0.05, 0) is 42.9 Å². The number of anilines is 1. The molecular weight excluding hydrogens is 224 g/mol. The van der Waals surface area contributed by atoms with Gasteiger partial charge in [0.25, 0.3) is 0 Å². The van der Waals surface area contributed by atoms with Gasteiger partial charge in [0.1, 0.15) is 0 Å². The molecule has 2 rings (SSSR count). The summed E-state index contributed by atoms with van der Waals surface area (Å²) in [5.74, 6) is 1.06. The fourth-order valence-corrected chi connectivity index (χ4v) is 2.35. The normalized spacial score (nSPS) is 16.8. The Balaban J connectivity index is 0.00000180. The van der Waals surface area contributed by atoms with Crippen LogP contribution in [0.3, 0.4) is 0 Å². The Morgan fingerprint density at radius 2 is 1.94 bits per heavy atom. The molecule has 0 aromatic heterocycles. The third-order valence-electron chi connectivity index (χ3n) is 3.74. The maximum atomic E-state index is 12.0. The predicted molar refractivity (Wildman–Crippen MR) is 76.3 cm³/mol. The Bertz CT molecular complexity index is 397. The van der Waals surface area contributed by atoms with Gasteiger partial charge in [-0.1, -0.05) is 19.1 Å². The number of benzene rings is 1. The van der Waals surface area contributed by atoms with Crippen molar-refractivity contribution in [3.63, 3.8) is 0 Å². The van der Waals surface area contributed by atoms with Gasteiger partial charge in [0.05, 0.1) is 0 Å². The van der Waals surface area contributed by atoms with E-state index in [1.54, 1.807) is 0 Å². The van der Waals surface area contributed by atoms with Gasteiger partial charge in [0, 0.05) is 26.6 Å². The van der Waals surface area contributed by atoms with Crippen molar-refractivity contribution in [2.24, 2.45) is 5.92 Å². The summed E-state index contributed by atoms with van der Waals surface area (Å²) in [5.41, 5.74) is 7.59. The SMILES string of the molecule is CC1CCN(C(=O)CCc2ccc(N)cc2)CC1.[HH]. The van der Waals surface area contributed by atoms with E-state index in [-0.39, 0.29) is 1.43 Å². The molecular formula is C15H24N2O. The number of nitrogen functional groups attached to an aromatic ring is 1. The summed E-state index contributed by atoms with van der Waals surface area (Å²) < 4.78 is 0. The number of carbonyl (C=O) groups excluding carboxylic acids is 1. The molecule has 18 heavy (non-hydrogen) atoms. The van der Waals surface area contributed by atoms with Crippen LogP contribution in [0.4, 0.5) is 5.69 Å². The van der Waals surface area contributed by atoms with Crippen molar-refractivity contribution < 1.29 is 6.22 Å². The van der Waals surface area contributed by atoms with E-state index in [2.05, 4.69) is 6.92 Å². The number of piperidine rings is 1. The van der Waals surface area contributed by atoms with Crippen molar-refractivity contribution in [3.8, 4) is 0 Å². The Hall–Kier alpha value is -1.51. The molecule has 1 saturated heterocycles. The highest BCUT2D eigenvalue weighted by Gasteiger charge is 2.19. The maximum absolute atomic E-state index is 12.0. The first-order valence-electron chi connectivity index (χ1n) is 6.77. The summed E-state index contributed by atoms with van der Waals surface area (Å²) in [7, 11) is 0. The predicted octanol–water partition coefficient (Wildman–Crippen LogP) is 2.71. The lowest BCUT2D eigenvalue weighted by Crippen LogP contribution is -2.37. The van der Waals surface area contributed by atoms with Crippen LogP contribution in [-0.2, 0) is 11.2 Å². The first-order chi connectivity index (χ1) is 8.65. The summed E-state index contributed by atoms with van der Waals surface area (Å²) in [6, 6.07) is 7.78. The molecule has 0 unspecified atom stereocenters. The van der Waals surface area contributed by atoms with Crippen LogP contribution in [0.1, 0.15) is 33.2 Å². The molecule has 1 aliphatic heterocycles. The second kappa shape index (κ2) is 5.89. The van der Waals surface area contributed by atoms with Crippen molar-refractivity contribution in [1.29, 1.82) is 0 Å². The fourth-order valence-electron chi connectivity index (χ4n) is 2.35. The molecule has 3 nitrogen and oxygen atoms in total. The van der Waals surface area contributed by atoms with Gasteiger partial charge in [0.2, 0.25) is 5.91 Å². The summed E-state index contributed by atoms with van der Waals surface area (Å²) >= 11 is 0. The van der Waals surface area contributed by atoms with Gasteiger partial charge >= 0.3 is 0 Å². The monoisotopic (exact) mass is 248 g/mol. The van der Waals surface area contributed by atoms with Crippen molar-refractivity contribution in [2.45, 2.75) is 32.6 Å². The van der Waals surface area contributed by atoms with Crippen molar-refractivity contribution >= 4 is 11.6 Å². The largest absolute Gasteiger partial charge is 0.399 e. The molecule has 0 saturated carbocycles. The van der Waals surface area contributed by atoms with E-state index in [9.17, 15) is 4.79 Å². The lowest BCUT2D eigenvalue weighted by molar-refractivity contribution is -0.132. The third kappa shape index (κ3) is 3.49. The number of hydrogen-bond acceptors (Lipinski definition) is 2. The van der Waals surface area contributed by atoms with Crippen molar-refractivity contribution in [1.82, 2.24) is 4.90 Å². The summed E-state index contributed by atoms with van der Waals surface area (Å²) in [6.45, 7) is 4.12. The summed E-state index contributed by atoms with van der Waals surface area (Å²) in [5, 5.41) is 0. The zero-order valence-electron chi connectivity index (χ0n) is 11.1. The number of rotatable bonds is 3. The Morgan fingerprint density at radius 3 is 2.56 bits per heavy atom. The second-order valence-electron chi connectivity index (χ2n) is 5.30. The molecule has 1 amide bonds.